The quantitative estimate of drug-likeness (QED) is 0.433. The van der Waals surface area contributed by atoms with Crippen molar-refractivity contribution in [2.75, 3.05) is 24.6 Å². The van der Waals surface area contributed by atoms with Gasteiger partial charge in [-0.2, -0.15) is 23.4 Å². The zero-order chi connectivity index (χ0) is 28.5. The number of esters is 1. The standard InChI is InChI=1S/C27H29F3N6O3/c1-5-20-15-35(24-22-21(34(4)26(38)33-24)12-11-19(13-31)32-22)16(3)14-36(20)23(25(37)39-6-2)17-7-9-18(10-8-17)27(28,29)30/h7-12,16,20,23H,5-6,14-15H2,1-4H3/t16?,20-,23?/m1/s1. The van der Waals surface area contributed by atoms with Crippen molar-refractivity contribution >= 4 is 22.8 Å². The average molecular weight is 543 g/mol. The lowest BCUT2D eigenvalue weighted by molar-refractivity contribution is -0.151. The maximum atomic E-state index is 13.2. The number of benzene rings is 1. The summed E-state index contributed by atoms with van der Waals surface area (Å²) in [5, 5.41) is 9.39. The second kappa shape index (κ2) is 11.0. The van der Waals surface area contributed by atoms with Gasteiger partial charge in [-0.15, -0.1) is 0 Å². The Labute approximate surface area is 223 Å². The molecule has 0 bridgehead atoms. The highest BCUT2D eigenvalue weighted by atomic mass is 19.4. The minimum Gasteiger partial charge on any atom is -0.465 e. The molecule has 0 radical (unpaired) electrons. The molecule has 0 N–H and O–H groups in total. The van der Waals surface area contributed by atoms with Crippen LogP contribution in [0, 0.1) is 11.3 Å². The molecule has 1 saturated heterocycles. The van der Waals surface area contributed by atoms with E-state index in [-0.39, 0.29) is 24.4 Å². The lowest BCUT2D eigenvalue weighted by Gasteiger charge is -2.48. The third kappa shape index (κ3) is 5.45. The van der Waals surface area contributed by atoms with Crippen molar-refractivity contribution in [3.8, 4) is 6.07 Å². The molecule has 3 heterocycles. The Kier molecular flexibility index (Phi) is 7.92. The Morgan fingerprint density at radius 2 is 1.85 bits per heavy atom. The van der Waals surface area contributed by atoms with Crippen molar-refractivity contribution in [2.45, 2.75) is 51.5 Å². The molecule has 0 saturated carbocycles. The van der Waals surface area contributed by atoms with Gasteiger partial charge in [0.1, 0.15) is 23.3 Å². The molecule has 39 heavy (non-hydrogen) atoms. The minimum absolute atomic E-state index is 0.123. The summed E-state index contributed by atoms with van der Waals surface area (Å²) in [4.78, 5) is 38.5. The fourth-order valence-electron chi connectivity index (χ4n) is 5.05. The van der Waals surface area contributed by atoms with Gasteiger partial charge in [-0.25, -0.2) is 14.6 Å². The summed E-state index contributed by atoms with van der Waals surface area (Å²) < 4.78 is 46.3. The number of hydrogen-bond acceptors (Lipinski definition) is 8. The Balaban J connectivity index is 1.75. The molecule has 9 nitrogen and oxygen atoms in total. The normalized spacial score (nSPS) is 19.1. The molecule has 1 fully saturated rings. The number of carbonyl (C=O) groups excluding carboxylic acids is 1. The third-order valence-corrected chi connectivity index (χ3v) is 7.07. The lowest BCUT2D eigenvalue weighted by Crippen LogP contribution is -2.59. The maximum absolute atomic E-state index is 13.2. The van der Waals surface area contributed by atoms with Crippen LogP contribution in [0.5, 0.6) is 0 Å². The van der Waals surface area contributed by atoms with E-state index < -0.39 is 29.4 Å². The monoisotopic (exact) mass is 542 g/mol. The Hall–Kier alpha value is -3.98. The summed E-state index contributed by atoms with van der Waals surface area (Å²) in [6.07, 6.45) is -3.90. The van der Waals surface area contributed by atoms with E-state index in [0.717, 1.165) is 12.1 Å². The van der Waals surface area contributed by atoms with Gasteiger partial charge in [0, 0.05) is 32.2 Å². The highest BCUT2D eigenvalue weighted by Crippen LogP contribution is 2.35. The number of piperazine rings is 1. The van der Waals surface area contributed by atoms with Crippen molar-refractivity contribution in [2.24, 2.45) is 7.05 Å². The van der Waals surface area contributed by atoms with E-state index in [2.05, 4.69) is 9.97 Å². The highest BCUT2D eigenvalue weighted by Gasteiger charge is 2.41. The number of aryl methyl sites for hydroxylation is 1. The molecule has 3 aromatic rings. The first-order chi connectivity index (χ1) is 18.5. The van der Waals surface area contributed by atoms with Crippen LogP contribution in [0.4, 0.5) is 19.0 Å². The number of pyridine rings is 1. The van der Waals surface area contributed by atoms with Gasteiger partial charge >= 0.3 is 17.8 Å². The van der Waals surface area contributed by atoms with E-state index in [0.29, 0.717) is 41.9 Å². The number of halogens is 3. The zero-order valence-electron chi connectivity index (χ0n) is 22.1. The number of hydrogen-bond donors (Lipinski definition) is 0. The molecule has 1 aliphatic heterocycles. The molecular weight excluding hydrogens is 513 g/mol. The van der Waals surface area contributed by atoms with Gasteiger partial charge < -0.3 is 9.64 Å². The van der Waals surface area contributed by atoms with Crippen molar-refractivity contribution < 1.29 is 22.7 Å². The van der Waals surface area contributed by atoms with Crippen LogP contribution >= 0.6 is 0 Å². The lowest BCUT2D eigenvalue weighted by atomic mass is 9.96. The van der Waals surface area contributed by atoms with Crippen LogP contribution in [-0.2, 0) is 22.8 Å². The summed E-state index contributed by atoms with van der Waals surface area (Å²) in [5.74, 6) is -0.202. The summed E-state index contributed by atoms with van der Waals surface area (Å²) in [6, 6.07) is 8.36. The number of alkyl halides is 3. The smallest absolute Gasteiger partial charge is 0.416 e. The molecule has 0 amide bonds. The van der Waals surface area contributed by atoms with Crippen LogP contribution in [0.15, 0.2) is 41.2 Å². The Morgan fingerprint density at radius 3 is 2.44 bits per heavy atom. The van der Waals surface area contributed by atoms with Crippen molar-refractivity contribution in [3.05, 3.63) is 63.7 Å². The molecule has 0 spiro atoms. The number of ether oxygens (including phenoxy) is 1. The molecule has 1 aliphatic rings. The van der Waals surface area contributed by atoms with Gasteiger partial charge in [-0.1, -0.05) is 19.1 Å². The van der Waals surface area contributed by atoms with E-state index >= 15 is 0 Å². The predicted octanol–water partition coefficient (Wildman–Crippen LogP) is 3.81. The first kappa shape index (κ1) is 28.0. The number of aromatic nitrogens is 3. The van der Waals surface area contributed by atoms with E-state index in [4.69, 9.17) is 4.74 Å². The Morgan fingerprint density at radius 1 is 1.15 bits per heavy atom. The molecule has 2 aromatic heterocycles. The van der Waals surface area contributed by atoms with E-state index in [9.17, 15) is 28.0 Å². The molecule has 206 valence electrons. The summed E-state index contributed by atoms with van der Waals surface area (Å²) in [6.45, 7) is 6.35. The van der Waals surface area contributed by atoms with Crippen LogP contribution in [0.1, 0.15) is 50.1 Å². The molecule has 3 atom stereocenters. The summed E-state index contributed by atoms with van der Waals surface area (Å²) >= 11 is 0. The van der Waals surface area contributed by atoms with Crippen LogP contribution in [0.3, 0.4) is 0 Å². The fraction of sp³-hybridized carbons (Fsp3) is 0.444. The van der Waals surface area contributed by atoms with Crippen LogP contribution in [0.25, 0.3) is 11.0 Å². The van der Waals surface area contributed by atoms with Gasteiger partial charge in [-0.3, -0.25) is 9.47 Å². The van der Waals surface area contributed by atoms with Gasteiger partial charge in [-0.05, 0) is 50.1 Å². The van der Waals surface area contributed by atoms with Crippen LogP contribution < -0.4 is 10.6 Å². The second-order valence-electron chi connectivity index (χ2n) is 9.49. The predicted molar refractivity (Wildman–Crippen MR) is 138 cm³/mol. The molecule has 0 aliphatic carbocycles. The SMILES string of the molecule is CCOC(=O)C(c1ccc(C(F)(F)F)cc1)N1CC(C)N(c2nc(=O)n(C)c3ccc(C#N)nc23)C[C@H]1CC. The largest absolute Gasteiger partial charge is 0.465 e. The minimum atomic E-state index is -4.49. The molecule has 4 rings (SSSR count). The van der Waals surface area contributed by atoms with Gasteiger partial charge in [0.15, 0.2) is 5.82 Å². The average Bonchev–Trinajstić information content (AvgIpc) is 2.91. The maximum Gasteiger partial charge on any atom is 0.416 e. The zero-order valence-corrected chi connectivity index (χ0v) is 22.1. The fourth-order valence-corrected chi connectivity index (χ4v) is 5.05. The van der Waals surface area contributed by atoms with E-state index in [1.54, 1.807) is 20.0 Å². The highest BCUT2D eigenvalue weighted by molar-refractivity contribution is 5.86. The van der Waals surface area contributed by atoms with E-state index in [1.807, 2.05) is 29.7 Å². The summed E-state index contributed by atoms with van der Waals surface area (Å²) in [5.41, 5.74) is 0.259. The number of carbonyl (C=O) groups is 1. The molecule has 1 aromatic carbocycles. The van der Waals surface area contributed by atoms with Crippen LogP contribution in [0.2, 0.25) is 0 Å². The van der Waals surface area contributed by atoms with Crippen molar-refractivity contribution in [1.29, 1.82) is 5.26 Å². The van der Waals surface area contributed by atoms with Crippen molar-refractivity contribution in [3.63, 3.8) is 0 Å². The number of rotatable bonds is 6. The number of nitriles is 1. The molecule has 12 heteroatoms. The molecular formula is C27H29F3N6O3. The first-order valence-corrected chi connectivity index (χ1v) is 12.6. The third-order valence-electron chi connectivity index (χ3n) is 7.07. The van der Waals surface area contributed by atoms with Crippen LogP contribution in [-0.4, -0.2) is 57.2 Å². The second-order valence-corrected chi connectivity index (χ2v) is 9.49. The topological polar surface area (TPSA) is 104 Å². The number of fused-ring (bicyclic) bond motifs is 1. The van der Waals surface area contributed by atoms with Gasteiger partial charge in [0.2, 0.25) is 0 Å². The number of nitrogens with zero attached hydrogens (tertiary/aromatic N) is 6. The van der Waals surface area contributed by atoms with Crippen molar-refractivity contribution in [1.82, 2.24) is 19.4 Å². The van der Waals surface area contributed by atoms with Gasteiger partial charge in [0.25, 0.3) is 0 Å². The van der Waals surface area contributed by atoms with Gasteiger partial charge in [0.05, 0.1) is 17.7 Å². The summed E-state index contributed by atoms with van der Waals surface area (Å²) in [7, 11) is 1.58. The Bertz CT molecular complexity index is 1470. The number of anilines is 1. The van der Waals surface area contributed by atoms with E-state index in [1.165, 1.54) is 22.8 Å². The first-order valence-electron chi connectivity index (χ1n) is 12.6. The molecule has 2 unspecified atom stereocenters.